The number of carbonyl (C=O) groups excluding carboxylic acids is 2. The minimum atomic E-state index is -1.07. The number of aliphatic carboxylic acids is 1. The second-order valence-electron chi connectivity index (χ2n) is 7.26. The van der Waals surface area contributed by atoms with E-state index in [0.717, 1.165) is 24.0 Å². The van der Waals surface area contributed by atoms with Crippen LogP contribution in [-0.4, -0.2) is 47.9 Å². The van der Waals surface area contributed by atoms with Gasteiger partial charge in [0.15, 0.2) is 0 Å². The van der Waals surface area contributed by atoms with E-state index in [-0.39, 0.29) is 12.3 Å². The second kappa shape index (κ2) is 11.6. The highest BCUT2D eigenvalue weighted by Crippen LogP contribution is 2.10. The number of carboxylic acids is 1. The summed E-state index contributed by atoms with van der Waals surface area (Å²) >= 11 is 0. The molecule has 2 N–H and O–H groups in total. The van der Waals surface area contributed by atoms with Gasteiger partial charge in [0.1, 0.15) is 6.04 Å². The van der Waals surface area contributed by atoms with Gasteiger partial charge in [-0.1, -0.05) is 54.6 Å². The monoisotopic (exact) mass is 408 g/mol. The van der Waals surface area contributed by atoms with E-state index in [1.165, 1.54) is 0 Å². The Morgan fingerprint density at radius 2 is 1.80 bits per heavy atom. The zero-order valence-electron chi connectivity index (χ0n) is 17.4. The molecule has 0 fully saturated rings. The van der Waals surface area contributed by atoms with E-state index in [4.69, 9.17) is 0 Å². The van der Waals surface area contributed by atoms with Gasteiger partial charge in [0.25, 0.3) is 5.91 Å². The zero-order valence-corrected chi connectivity index (χ0v) is 17.4. The van der Waals surface area contributed by atoms with Crippen LogP contribution >= 0.6 is 0 Å². The SMILES string of the molecule is CN(C)C(=O)CCCC=Cc1cccc(C(=O)N[C@H](Cc2ccccc2)C(=O)O)c1. The van der Waals surface area contributed by atoms with Crippen LogP contribution in [0.25, 0.3) is 6.08 Å². The highest BCUT2D eigenvalue weighted by molar-refractivity contribution is 5.97. The quantitative estimate of drug-likeness (QED) is 0.590. The van der Waals surface area contributed by atoms with E-state index >= 15 is 0 Å². The van der Waals surface area contributed by atoms with E-state index in [0.29, 0.717) is 12.0 Å². The first-order valence-corrected chi connectivity index (χ1v) is 9.91. The summed E-state index contributed by atoms with van der Waals surface area (Å²) in [6.07, 6.45) is 6.09. The van der Waals surface area contributed by atoms with Crippen LogP contribution in [0.4, 0.5) is 0 Å². The number of amides is 2. The van der Waals surface area contributed by atoms with Crippen LogP contribution in [0.2, 0.25) is 0 Å². The molecule has 30 heavy (non-hydrogen) atoms. The minimum absolute atomic E-state index is 0.102. The van der Waals surface area contributed by atoms with Gasteiger partial charge in [-0.2, -0.15) is 0 Å². The fourth-order valence-corrected chi connectivity index (χ4v) is 2.89. The number of carbonyl (C=O) groups is 3. The normalized spacial score (nSPS) is 11.8. The third kappa shape index (κ3) is 7.54. The van der Waals surface area contributed by atoms with Crippen LogP contribution in [0.15, 0.2) is 60.7 Å². The molecule has 0 aliphatic carbocycles. The summed E-state index contributed by atoms with van der Waals surface area (Å²) in [6.45, 7) is 0. The van der Waals surface area contributed by atoms with Gasteiger partial charge in [0.2, 0.25) is 5.91 Å². The molecule has 0 aromatic heterocycles. The highest BCUT2D eigenvalue weighted by atomic mass is 16.4. The van der Waals surface area contributed by atoms with Crippen molar-refractivity contribution in [2.75, 3.05) is 14.1 Å². The Balaban J connectivity index is 1.95. The van der Waals surface area contributed by atoms with Gasteiger partial charge in [-0.3, -0.25) is 9.59 Å². The highest BCUT2D eigenvalue weighted by Gasteiger charge is 2.21. The predicted octanol–water partition coefficient (Wildman–Crippen LogP) is 3.38. The lowest BCUT2D eigenvalue weighted by Gasteiger charge is -2.15. The Morgan fingerprint density at radius 3 is 2.47 bits per heavy atom. The van der Waals surface area contributed by atoms with E-state index in [9.17, 15) is 19.5 Å². The molecular formula is C24H28N2O4. The van der Waals surface area contributed by atoms with Gasteiger partial charge < -0.3 is 15.3 Å². The lowest BCUT2D eigenvalue weighted by Crippen LogP contribution is -2.42. The second-order valence-corrected chi connectivity index (χ2v) is 7.26. The van der Waals surface area contributed by atoms with Crippen LogP contribution < -0.4 is 5.32 Å². The van der Waals surface area contributed by atoms with Crippen LogP contribution in [0.5, 0.6) is 0 Å². The Hall–Kier alpha value is -3.41. The van der Waals surface area contributed by atoms with Gasteiger partial charge in [0.05, 0.1) is 0 Å². The summed E-state index contributed by atoms with van der Waals surface area (Å²) in [5.74, 6) is -1.40. The van der Waals surface area contributed by atoms with Gasteiger partial charge in [-0.05, 0) is 36.1 Å². The van der Waals surface area contributed by atoms with Gasteiger partial charge in [-0.15, -0.1) is 0 Å². The maximum atomic E-state index is 12.6. The first-order chi connectivity index (χ1) is 14.4. The number of hydrogen-bond donors (Lipinski definition) is 2. The number of carboxylic acid groups (broad SMARTS) is 1. The zero-order chi connectivity index (χ0) is 21.9. The maximum Gasteiger partial charge on any atom is 0.326 e. The van der Waals surface area contributed by atoms with Crippen LogP contribution in [0.1, 0.15) is 40.7 Å². The lowest BCUT2D eigenvalue weighted by atomic mass is 10.0. The Bertz CT molecular complexity index is 891. The van der Waals surface area contributed by atoms with E-state index in [1.807, 2.05) is 48.6 Å². The van der Waals surface area contributed by atoms with Crippen molar-refractivity contribution in [3.8, 4) is 0 Å². The predicted molar refractivity (Wildman–Crippen MR) is 117 cm³/mol. The molecular weight excluding hydrogens is 380 g/mol. The number of benzene rings is 2. The van der Waals surface area contributed by atoms with E-state index in [1.54, 1.807) is 37.2 Å². The number of nitrogens with one attached hydrogen (secondary N) is 1. The van der Waals surface area contributed by atoms with Crippen molar-refractivity contribution in [3.05, 3.63) is 77.4 Å². The van der Waals surface area contributed by atoms with Crippen LogP contribution in [-0.2, 0) is 16.0 Å². The average molecular weight is 408 g/mol. The van der Waals surface area contributed by atoms with Crippen molar-refractivity contribution < 1.29 is 19.5 Å². The molecule has 0 aliphatic rings. The summed E-state index contributed by atoms with van der Waals surface area (Å²) in [5.41, 5.74) is 2.09. The topological polar surface area (TPSA) is 86.7 Å². The molecule has 158 valence electrons. The number of allylic oxidation sites excluding steroid dienone is 1. The van der Waals surface area contributed by atoms with Crippen molar-refractivity contribution in [1.82, 2.24) is 10.2 Å². The molecule has 2 amide bonds. The molecule has 0 saturated heterocycles. The fourth-order valence-electron chi connectivity index (χ4n) is 2.89. The van der Waals surface area contributed by atoms with Crippen molar-refractivity contribution in [3.63, 3.8) is 0 Å². The fraction of sp³-hybridized carbons (Fsp3) is 0.292. The van der Waals surface area contributed by atoms with E-state index in [2.05, 4.69) is 5.32 Å². The molecule has 0 spiro atoms. The van der Waals surface area contributed by atoms with E-state index < -0.39 is 17.9 Å². The van der Waals surface area contributed by atoms with Gasteiger partial charge >= 0.3 is 5.97 Å². The first-order valence-electron chi connectivity index (χ1n) is 9.91. The Kier molecular flexibility index (Phi) is 8.81. The number of rotatable bonds is 10. The van der Waals surface area contributed by atoms with Crippen molar-refractivity contribution >= 4 is 23.9 Å². The summed E-state index contributed by atoms with van der Waals surface area (Å²) in [7, 11) is 3.48. The Morgan fingerprint density at radius 1 is 1.07 bits per heavy atom. The van der Waals surface area contributed by atoms with Crippen molar-refractivity contribution in [2.45, 2.75) is 31.7 Å². The maximum absolute atomic E-state index is 12.6. The number of unbranched alkanes of at least 4 members (excludes halogenated alkanes) is 1. The molecule has 0 saturated carbocycles. The van der Waals surface area contributed by atoms with Crippen LogP contribution in [0.3, 0.4) is 0 Å². The first kappa shape index (κ1) is 22.9. The molecule has 0 unspecified atom stereocenters. The summed E-state index contributed by atoms with van der Waals surface area (Å²) in [4.78, 5) is 37.3. The molecule has 2 aromatic rings. The van der Waals surface area contributed by atoms with Crippen LogP contribution in [0, 0.1) is 0 Å². The molecule has 6 nitrogen and oxygen atoms in total. The minimum Gasteiger partial charge on any atom is -0.480 e. The smallest absolute Gasteiger partial charge is 0.326 e. The third-order valence-corrected chi connectivity index (χ3v) is 4.61. The summed E-state index contributed by atoms with van der Waals surface area (Å²) in [6, 6.07) is 15.2. The molecule has 0 heterocycles. The number of nitrogens with zero attached hydrogens (tertiary/aromatic N) is 1. The Labute approximate surface area is 177 Å². The molecule has 0 radical (unpaired) electrons. The standard InChI is InChI=1S/C24H28N2O4/c1-26(2)22(27)15-8-4-7-10-18-13-9-14-20(16-18)23(28)25-21(24(29)30)17-19-11-5-3-6-12-19/h3,5-7,9-14,16,21H,4,8,15,17H2,1-2H3,(H,25,28)(H,29,30)/t21-/m1/s1. The third-order valence-electron chi connectivity index (χ3n) is 4.61. The lowest BCUT2D eigenvalue weighted by molar-refractivity contribution is -0.139. The average Bonchev–Trinajstić information content (AvgIpc) is 2.73. The molecule has 0 aliphatic heterocycles. The molecule has 1 atom stereocenters. The molecule has 2 rings (SSSR count). The summed E-state index contributed by atoms with van der Waals surface area (Å²) < 4.78 is 0. The van der Waals surface area contributed by atoms with Gasteiger partial charge in [0, 0.05) is 32.5 Å². The van der Waals surface area contributed by atoms with Crippen molar-refractivity contribution in [1.29, 1.82) is 0 Å². The largest absolute Gasteiger partial charge is 0.480 e. The number of hydrogen-bond acceptors (Lipinski definition) is 3. The van der Waals surface area contributed by atoms with Crippen molar-refractivity contribution in [2.24, 2.45) is 0 Å². The van der Waals surface area contributed by atoms with Gasteiger partial charge in [-0.25, -0.2) is 4.79 Å². The summed E-state index contributed by atoms with van der Waals surface area (Å²) in [5, 5.41) is 12.1. The molecule has 2 aromatic carbocycles. The molecule has 0 bridgehead atoms. The molecule has 6 heteroatoms.